The quantitative estimate of drug-likeness (QED) is 0.248. The molecule has 0 spiro atoms. The van der Waals surface area contributed by atoms with Gasteiger partial charge in [-0.3, -0.25) is 13.9 Å². The second-order valence-corrected chi connectivity index (χ2v) is 11.7. The smallest absolute Gasteiger partial charge is 0.244 e. The number of sulfonamides is 1. The molecule has 214 valence electrons. The third-order valence-electron chi connectivity index (χ3n) is 6.30. The maximum absolute atomic E-state index is 13.8. The van der Waals surface area contributed by atoms with Crippen molar-refractivity contribution in [2.24, 2.45) is 0 Å². The summed E-state index contributed by atoms with van der Waals surface area (Å²) in [6, 6.07) is 21.9. The van der Waals surface area contributed by atoms with Gasteiger partial charge in [0.25, 0.3) is 0 Å². The highest BCUT2D eigenvalue weighted by Crippen LogP contribution is 2.26. The molecule has 3 aromatic rings. The van der Waals surface area contributed by atoms with Crippen molar-refractivity contribution in [1.29, 1.82) is 0 Å². The van der Waals surface area contributed by atoms with E-state index in [-0.39, 0.29) is 12.5 Å². The second kappa shape index (κ2) is 14.7. The predicted octanol–water partition coefficient (Wildman–Crippen LogP) is 5.62. The van der Waals surface area contributed by atoms with E-state index >= 15 is 0 Å². The highest BCUT2D eigenvalue weighted by Gasteiger charge is 2.32. The number of benzene rings is 3. The van der Waals surface area contributed by atoms with Crippen molar-refractivity contribution in [3.63, 3.8) is 0 Å². The van der Waals surface area contributed by atoms with Crippen LogP contribution in [0, 0.1) is 0 Å². The lowest BCUT2D eigenvalue weighted by atomic mass is 10.1. The van der Waals surface area contributed by atoms with Crippen LogP contribution >= 0.6 is 11.6 Å². The largest absolute Gasteiger partial charge is 0.457 e. The Hall–Kier alpha value is -3.56. The highest BCUT2D eigenvalue weighted by molar-refractivity contribution is 7.92. The molecule has 0 fully saturated rings. The first kappa shape index (κ1) is 31.0. The van der Waals surface area contributed by atoms with Crippen molar-refractivity contribution < 1.29 is 22.7 Å². The average molecular weight is 586 g/mol. The zero-order chi connectivity index (χ0) is 29.1. The first-order valence-electron chi connectivity index (χ1n) is 13.2. The molecule has 0 bridgehead atoms. The molecule has 3 rings (SSSR count). The Kier molecular flexibility index (Phi) is 11.4. The van der Waals surface area contributed by atoms with E-state index in [0.717, 1.165) is 23.4 Å². The normalized spacial score (nSPS) is 11.9. The van der Waals surface area contributed by atoms with Crippen LogP contribution in [-0.4, -0.2) is 50.5 Å². The number of halogens is 1. The fraction of sp³-hybridized carbons (Fsp3) is 0.333. The number of carbonyl (C=O) groups is 2. The Labute approximate surface area is 241 Å². The number of rotatable bonds is 14. The van der Waals surface area contributed by atoms with Gasteiger partial charge in [-0.05, 0) is 60.9 Å². The first-order valence-corrected chi connectivity index (χ1v) is 15.5. The van der Waals surface area contributed by atoms with E-state index in [9.17, 15) is 18.0 Å². The Balaban J connectivity index is 1.88. The molecule has 2 amide bonds. The van der Waals surface area contributed by atoms with Gasteiger partial charge in [-0.15, -0.1) is 0 Å². The molecule has 0 aliphatic carbocycles. The van der Waals surface area contributed by atoms with E-state index in [4.69, 9.17) is 16.3 Å². The fourth-order valence-electron chi connectivity index (χ4n) is 4.15. The Bertz CT molecular complexity index is 1370. The molecule has 0 heterocycles. The van der Waals surface area contributed by atoms with Gasteiger partial charge in [0.05, 0.1) is 11.9 Å². The van der Waals surface area contributed by atoms with Crippen LogP contribution in [0.15, 0.2) is 78.9 Å². The standard InChI is InChI=1S/C30H36ClN3O5S/c1-4-6-20-32-30(36)28(5-2)33(21-23-12-10-11-15-27(23)31)29(35)22-34(40(3,37)38)24-16-18-26(19-17-24)39-25-13-8-7-9-14-25/h7-19,28H,4-6,20-22H2,1-3H3,(H,32,36)/t28-/m1/s1. The average Bonchev–Trinajstić information content (AvgIpc) is 2.93. The van der Waals surface area contributed by atoms with Gasteiger partial charge >= 0.3 is 0 Å². The van der Waals surface area contributed by atoms with Crippen molar-refractivity contribution >= 4 is 39.1 Å². The van der Waals surface area contributed by atoms with Gasteiger partial charge in [0.2, 0.25) is 21.8 Å². The lowest BCUT2D eigenvalue weighted by molar-refractivity contribution is -0.140. The van der Waals surface area contributed by atoms with E-state index in [1.54, 1.807) is 48.5 Å². The number of hydrogen-bond donors (Lipinski definition) is 1. The van der Waals surface area contributed by atoms with Crippen LogP contribution in [0.25, 0.3) is 0 Å². The topological polar surface area (TPSA) is 96.0 Å². The third-order valence-corrected chi connectivity index (χ3v) is 7.81. The number of carbonyl (C=O) groups excluding carboxylic acids is 2. The predicted molar refractivity (Wildman–Crippen MR) is 159 cm³/mol. The summed E-state index contributed by atoms with van der Waals surface area (Å²) in [5.74, 6) is 0.352. The summed E-state index contributed by atoms with van der Waals surface area (Å²) >= 11 is 6.39. The minimum atomic E-state index is -3.85. The summed E-state index contributed by atoms with van der Waals surface area (Å²) in [6.45, 7) is 3.90. The lowest BCUT2D eigenvalue weighted by Gasteiger charge is -2.33. The van der Waals surface area contributed by atoms with Crippen LogP contribution in [0.1, 0.15) is 38.7 Å². The van der Waals surface area contributed by atoms with Gasteiger partial charge in [0.1, 0.15) is 24.1 Å². The van der Waals surface area contributed by atoms with Gasteiger partial charge in [0.15, 0.2) is 0 Å². The van der Waals surface area contributed by atoms with Crippen LogP contribution < -0.4 is 14.4 Å². The van der Waals surface area contributed by atoms with E-state index in [2.05, 4.69) is 5.32 Å². The Morgan fingerprint density at radius 2 is 1.55 bits per heavy atom. The van der Waals surface area contributed by atoms with E-state index < -0.39 is 28.5 Å². The summed E-state index contributed by atoms with van der Waals surface area (Å²) in [5.41, 5.74) is 0.958. The molecule has 0 saturated carbocycles. The van der Waals surface area contributed by atoms with Crippen LogP contribution in [0.2, 0.25) is 5.02 Å². The number of unbranched alkanes of at least 4 members (excludes halogenated alkanes) is 1. The van der Waals surface area contributed by atoms with Crippen molar-refractivity contribution in [2.45, 2.75) is 45.7 Å². The number of hydrogen-bond acceptors (Lipinski definition) is 5. The van der Waals surface area contributed by atoms with E-state index in [0.29, 0.717) is 40.7 Å². The molecule has 0 aliphatic rings. The fourth-order valence-corrected chi connectivity index (χ4v) is 5.20. The molecular formula is C30H36ClN3O5S. The number of ether oxygens (including phenoxy) is 1. The number of para-hydroxylation sites is 1. The maximum Gasteiger partial charge on any atom is 0.244 e. The van der Waals surface area contributed by atoms with E-state index in [1.165, 1.54) is 4.90 Å². The van der Waals surface area contributed by atoms with Crippen LogP contribution in [0.4, 0.5) is 5.69 Å². The summed E-state index contributed by atoms with van der Waals surface area (Å²) in [4.78, 5) is 28.3. The number of nitrogens with one attached hydrogen (secondary N) is 1. The van der Waals surface area contributed by atoms with E-state index in [1.807, 2.05) is 44.2 Å². The molecule has 0 unspecified atom stereocenters. The summed E-state index contributed by atoms with van der Waals surface area (Å²) in [5, 5.41) is 3.35. The van der Waals surface area contributed by atoms with Crippen LogP contribution in [0.3, 0.4) is 0 Å². The van der Waals surface area contributed by atoms with Crippen molar-refractivity contribution in [3.05, 3.63) is 89.4 Å². The third kappa shape index (κ3) is 8.72. The number of amides is 2. The van der Waals surface area contributed by atoms with Gasteiger partial charge in [-0.2, -0.15) is 0 Å². The monoisotopic (exact) mass is 585 g/mol. The van der Waals surface area contributed by atoms with Crippen LogP contribution in [-0.2, 0) is 26.2 Å². The molecule has 40 heavy (non-hydrogen) atoms. The van der Waals surface area contributed by atoms with Gasteiger partial charge in [-0.1, -0.05) is 68.3 Å². The van der Waals surface area contributed by atoms with Crippen molar-refractivity contribution in [3.8, 4) is 11.5 Å². The molecule has 3 aromatic carbocycles. The molecule has 8 nitrogen and oxygen atoms in total. The molecule has 0 aliphatic heterocycles. The second-order valence-electron chi connectivity index (χ2n) is 9.36. The number of anilines is 1. The Morgan fingerprint density at radius 3 is 2.15 bits per heavy atom. The SMILES string of the molecule is CCCCNC(=O)[C@@H](CC)N(Cc1ccccc1Cl)C(=O)CN(c1ccc(Oc2ccccc2)cc1)S(C)(=O)=O. The minimum Gasteiger partial charge on any atom is -0.457 e. The molecule has 0 radical (unpaired) electrons. The Morgan fingerprint density at radius 1 is 0.925 bits per heavy atom. The highest BCUT2D eigenvalue weighted by atomic mass is 35.5. The zero-order valence-electron chi connectivity index (χ0n) is 23.0. The molecule has 0 saturated heterocycles. The molecule has 10 heteroatoms. The lowest BCUT2D eigenvalue weighted by Crippen LogP contribution is -2.52. The molecular weight excluding hydrogens is 550 g/mol. The first-order chi connectivity index (χ1) is 19.1. The number of nitrogens with zero attached hydrogens (tertiary/aromatic N) is 2. The van der Waals surface area contributed by atoms with Gasteiger partial charge < -0.3 is 15.0 Å². The minimum absolute atomic E-state index is 0.0552. The summed E-state index contributed by atoms with van der Waals surface area (Å²) in [6.07, 6.45) is 3.12. The molecule has 1 atom stereocenters. The van der Waals surface area contributed by atoms with Crippen molar-refractivity contribution in [2.75, 3.05) is 23.7 Å². The van der Waals surface area contributed by atoms with Crippen molar-refractivity contribution in [1.82, 2.24) is 10.2 Å². The maximum atomic E-state index is 13.8. The van der Waals surface area contributed by atoms with Gasteiger partial charge in [0, 0.05) is 18.1 Å². The zero-order valence-corrected chi connectivity index (χ0v) is 24.6. The molecule has 1 N–H and O–H groups in total. The summed E-state index contributed by atoms with van der Waals surface area (Å²) in [7, 11) is -3.85. The van der Waals surface area contributed by atoms with Gasteiger partial charge in [-0.25, -0.2) is 8.42 Å². The molecule has 0 aromatic heterocycles. The van der Waals surface area contributed by atoms with Crippen LogP contribution in [0.5, 0.6) is 11.5 Å². The summed E-state index contributed by atoms with van der Waals surface area (Å²) < 4.78 is 32.5.